The van der Waals surface area contributed by atoms with Crippen molar-refractivity contribution < 1.29 is 245 Å². The molecule has 144 heavy (non-hydrogen) atoms. The molecule has 0 aromatic rings. The third kappa shape index (κ3) is 38.0. The van der Waals surface area contributed by atoms with Crippen LogP contribution in [-0.2, 0) is 114 Å². The molecule has 8 aliphatic rings. The van der Waals surface area contributed by atoms with Gasteiger partial charge in [0.1, 0.15) is 182 Å². The number of hydrogen-bond donors (Lipinski definition) is 30. The first-order valence-corrected chi connectivity index (χ1v) is 48.1. The fourth-order valence-electron chi connectivity index (χ4n) is 16.3. The Balaban J connectivity index is 0.000000391. The summed E-state index contributed by atoms with van der Waals surface area (Å²) < 4.78 is 120. The molecular weight excluding hydrogens is 1950 g/mol. The van der Waals surface area contributed by atoms with E-state index in [9.17, 15) is 161 Å². The maximum absolute atomic E-state index is 16.3. The van der Waals surface area contributed by atoms with Crippen LogP contribution in [-0.4, -0.2) is 570 Å². The topological polar surface area (TPSA) is 848 Å². The Labute approximate surface area is 826 Å². The second kappa shape index (κ2) is 63.6. The summed E-state index contributed by atoms with van der Waals surface area (Å²) >= 11 is 0. The van der Waals surface area contributed by atoms with Gasteiger partial charge >= 0.3 is 0 Å². The number of halogens is 2. The van der Waals surface area contributed by atoms with E-state index in [0.717, 1.165) is 0 Å². The second-order valence-electron chi connectivity index (χ2n) is 36.0. The van der Waals surface area contributed by atoms with E-state index in [1.807, 2.05) is 6.92 Å². The predicted molar refractivity (Wildman–Crippen MR) is 472 cm³/mol. The maximum atomic E-state index is 16.3. The standard InChI is InChI=1S/C44H76FN3O24.C42H74FN5O24/c1-3-46-27(53)11-7-5-4-6-9-22(51)15-48(16-23(52)10-8-13-65-42-37(62)34(59)30(55)21(2)68-42)17-28(54)47-12-14-66-41-29(45)40(72-44-39(64)36(61)32(57)25(19-50)70-44)33(58)26(71-41)20-67-43-38(63)35(60)31(56)24(18-49)69-43;1-3-44-23(51)7-5-4-6-8-45-24(52)13-48(15-26(54)47-10-12-66-40-35(62)32(59)28(55)19(2)68-40)14-25(53)46-9-11-65-39-27(43)38(72-42-37(64)34(61)30(57)21(17-50)70-42)31(58)22(71-39)18-67-41-36(63)33(60)29(56)20(16-49)69-41/h21,24-26,29-44,49-50,55-64H,3-20H2,1-2H3,(H,46,53)(H,47,54);19-22,27-42,49-50,55-64H,3-18H2,1-2H3,(H,44,51)(H,45,52)(H,46,53)(H,47,54)/t21-,24+,25+,26+,29+,30+,31+,32+,33+,34+,35-,36-,37-,38-,39-,40+,41+,42+,43-,44+;19-,20+,21+,22+,27+,28+,29+,30+,31+,32+,33-,34-,35-,36-,37-,38+,39+,40+,41-,42+/m00/s1. The monoisotopic (exact) mass is 2100 g/mol. The van der Waals surface area contributed by atoms with Gasteiger partial charge in [0.15, 0.2) is 62.7 Å². The highest BCUT2D eigenvalue weighted by Crippen LogP contribution is 2.36. The summed E-state index contributed by atoms with van der Waals surface area (Å²) in [6.45, 7) is -1.62. The van der Waals surface area contributed by atoms with Crippen molar-refractivity contribution in [1.82, 2.24) is 41.7 Å². The molecule has 0 saturated carbocycles. The summed E-state index contributed by atoms with van der Waals surface area (Å²) in [5.74, 6) is -3.41. The average Bonchev–Trinajstić information content (AvgIpc) is 0.786. The van der Waals surface area contributed by atoms with Crippen LogP contribution >= 0.6 is 0 Å². The number of amides is 6. The summed E-state index contributed by atoms with van der Waals surface area (Å²) in [5.41, 5.74) is 0. The summed E-state index contributed by atoms with van der Waals surface area (Å²) in [4.78, 5) is 105. The Hall–Kier alpha value is -5.66. The minimum atomic E-state index is -2.44. The molecule has 40 atom stereocenters. The first-order valence-electron chi connectivity index (χ1n) is 48.1. The molecule has 6 amide bonds. The molecule has 58 heteroatoms. The van der Waals surface area contributed by atoms with Crippen LogP contribution < -0.4 is 31.9 Å². The van der Waals surface area contributed by atoms with Crippen molar-refractivity contribution in [2.45, 2.75) is 351 Å². The zero-order chi connectivity index (χ0) is 106. The number of rotatable bonds is 58. The van der Waals surface area contributed by atoms with Crippen molar-refractivity contribution in [3.05, 3.63) is 0 Å². The van der Waals surface area contributed by atoms with Crippen LogP contribution in [0.25, 0.3) is 0 Å². The normalized spacial score (nSPS) is 37.3. The fraction of sp³-hybridized carbons (Fsp3) is 0.907. The molecule has 30 N–H and O–H groups in total. The zero-order valence-corrected chi connectivity index (χ0v) is 80.3. The Morgan fingerprint density at radius 3 is 0.875 bits per heavy atom. The molecule has 8 rings (SSSR count). The third-order valence-corrected chi connectivity index (χ3v) is 24.7. The number of nitrogens with zero attached hydrogens (tertiary/aromatic N) is 2. The van der Waals surface area contributed by atoms with Gasteiger partial charge in [0.25, 0.3) is 0 Å². The lowest BCUT2D eigenvalue weighted by Gasteiger charge is -2.46. The van der Waals surface area contributed by atoms with Gasteiger partial charge < -0.3 is 230 Å². The molecule has 0 aliphatic carbocycles. The van der Waals surface area contributed by atoms with Gasteiger partial charge in [-0.15, -0.1) is 0 Å². The Morgan fingerprint density at radius 1 is 0.264 bits per heavy atom. The quantitative estimate of drug-likeness (QED) is 0.0251. The van der Waals surface area contributed by atoms with E-state index in [2.05, 4.69) is 31.9 Å². The number of hydrogen-bond acceptors (Lipinski definition) is 50. The summed E-state index contributed by atoms with van der Waals surface area (Å²) in [6.07, 6.45) is -63.7. The van der Waals surface area contributed by atoms with Crippen molar-refractivity contribution in [2.24, 2.45) is 0 Å². The van der Waals surface area contributed by atoms with Gasteiger partial charge in [0.2, 0.25) is 35.4 Å². The summed E-state index contributed by atoms with van der Waals surface area (Å²) in [5, 5.41) is 261. The second-order valence-corrected chi connectivity index (χ2v) is 36.0. The van der Waals surface area contributed by atoms with E-state index in [-0.39, 0.29) is 95.1 Å². The van der Waals surface area contributed by atoms with Crippen LogP contribution in [0.5, 0.6) is 0 Å². The average molecular weight is 2100 g/mol. The molecule has 0 bridgehead atoms. The van der Waals surface area contributed by atoms with Gasteiger partial charge in [0, 0.05) is 65.0 Å². The molecular formula is C86H150F2N8O48. The number of nitrogens with one attached hydrogen (secondary N) is 6. The number of ether oxygens (including phenoxy) is 16. The van der Waals surface area contributed by atoms with Crippen LogP contribution in [0, 0.1) is 0 Å². The molecule has 0 radical (unpaired) electrons. The van der Waals surface area contributed by atoms with E-state index < -0.39 is 348 Å². The van der Waals surface area contributed by atoms with E-state index in [1.165, 1.54) is 23.6 Å². The highest BCUT2D eigenvalue weighted by atomic mass is 19.1. The Bertz CT molecular complexity index is 3520. The molecule has 56 nitrogen and oxygen atoms in total. The minimum Gasteiger partial charge on any atom is -0.394 e. The number of carbonyl (C=O) groups is 8. The summed E-state index contributed by atoms with van der Waals surface area (Å²) in [7, 11) is 0. The first-order chi connectivity index (χ1) is 68.4. The minimum absolute atomic E-state index is 0.0626. The lowest BCUT2D eigenvalue weighted by molar-refractivity contribution is -0.359. The van der Waals surface area contributed by atoms with Gasteiger partial charge in [-0.05, 0) is 59.8 Å². The van der Waals surface area contributed by atoms with Crippen molar-refractivity contribution >= 4 is 47.0 Å². The molecule has 0 unspecified atom stereocenters. The molecule has 0 aromatic carbocycles. The van der Waals surface area contributed by atoms with E-state index in [4.69, 9.17) is 75.8 Å². The third-order valence-electron chi connectivity index (χ3n) is 24.7. The lowest BCUT2D eigenvalue weighted by atomic mass is 9.97. The molecule has 8 saturated heterocycles. The number of unbranched alkanes of at least 4 members (excludes halogenated alkanes) is 5. The number of carbonyl (C=O) groups excluding carboxylic acids is 8. The van der Waals surface area contributed by atoms with Gasteiger partial charge in [-0.25, -0.2) is 8.78 Å². The Kier molecular flexibility index (Phi) is 55.3. The van der Waals surface area contributed by atoms with E-state index in [1.54, 1.807) is 6.92 Å². The molecule has 836 valence electrons. The summed E-state index contributed by atoms with van der Waals surface area (Å²) in [6, 6.07) is 0. The van der Waals surface area contributed by atoms with Crippen molar-refractivity contribution in [2.75, 3.05) is 145 Å². The molecule has 0 spiro atoms. The molecule has 0 aromatic heterocycles. The highest BCUT2D eigenvalue weighted by Gasteiger charge is 2.57. The first kappa shape index (κ1) is 125. The molecule has 8 heterocycles. The zero-order valence-electron chi connectivity index (χ0n) is 80.3. The van der Waals surface area contributed by atoms with Gasteiger partial charge in [0.05, 0.1) is 118 Å². The van der Waals surface area contributed by atoms with E-state index in [0.29, 0.717) is 70.9 Å². The lowest BCUT2D eigenvalue weighted by Crippen LogP contribution is -2.64. The SMILES string of the molecule is CCNC(=O)CCCCCCC(=O)CN(CC(=O)CCCO[C@@H]1O[C@@H](C)[C@@H](O)[C@@H](O)[C@@H]1O)CC(=O)NCCO[C@@H]1O[C@H](CO[C@H]2O[C@H](CO)[C@@H](O)[C@H](O)[C@@H]2O)[C@@H](O)[C@H](O[C@H]2O[C@H](CO)[C@@H](O)[C@H](O)[C@@H]2O)[C@H]1F.CCNC(=O)CCCCCNC(=O)CN(CC(=O)NCCO[C@@H]1O[C@@H](C)[C@@H](O)[C@@H](O)[C@@H]1O)CC(=O)NCCO[C@@H]1O[C@H](CO[C@H]2O[C@H](CO)[C@@H](O)[C@H](O)[C@@H]2O)[C@@H](O)[C@H](O[C@H]2O[C@H](CO)[C@@H](O)[C@H](O)[C@@H]2O)[C@H]1F. The molecule has 8 aliphatic heterocycles. The number of aliphatic hydroxyl groups excluding tert-OH is 24. The van der Waals surface area contributed by atoms with Gasteiger partial charge in [-0.2, -0.15) is 0 Å². The van der Waals surface area contributed by atoms with Gasteiger partial charge in [-0.3, -0.25) is 48.2 Å². The molecule has 8 fully saturated rings. The highest BCUT2D eigenvalue weighted by molar-refractivity contribution is 5.86. The van der Waals surface area contributed by atoms with Crippen molar-refractivity contribution in [3.63, 3.8) is 0 Å². The largest absolute Gasteiger partial charge is 0.394 e. The van der Waals surface area contributed by atoms with Crippen LogP contribution in [0.2, 0.25) is 0 Å². The maximum Gasteiger partial charge on any atom is 0.234 e. The fourth-order valence-corrected chi connectivity index (χ4v) is 16.3. The smallest absolute Gasteiger partial charge is 0.234 e. The number of ketones is 2. The van der Waals surface area contributed by atoms with Gasteiger partial charge in [-0.1, -0.05) is 19.3 Å². The van der Waals surface area contributed by atoms with Crippen LogP contribution in [0.4, 0.5) is 8.78 Å². The van der Waals surface area contributed by atoms with Crippen LogP contribution in [0.15, 0.2) is 0 Å². The van der Waals surface area contributed by atoms with Crippen LogP contribution in [0.3, 0.4) is 0 Å². The predicted octanol–water partition coefficient (Wildman–Crippen LogP) is -16.3. The number of aliphatic hydroxyl groups is 24. The van der Waals surface area contributed by atoms with Crippen molar-refractivity contribution in [1.29, 1.82) is 0 Å². The van der Waals surface area contributed by atoms with Crippen LogP contribution in [0.1, 0.15) is 105 Å². The van der Waals surface area contributed by atoms with E-state index >= 15 is 8.78 Å². The van der Waals surface area contributed by atoms with Crippen molar-refractivity contribution in [3.8, 4) is 0 Å². The Morgan fingerprint density at radius 2 is 0.535 bits per heavy atom. The number of Topliss-reactive ketones (excluding diaryl/α,β-unsaturated/α-hetero) is 2. The number of alkyl halides is 2.